The minimum Gasteiger partial charge on any atom is -0.206 e. The number of halogens is 4. The van der Waals surface area contributed by atoms with E-state index in [1.54, 1.807) is 30.3 Å². The van der Waals surface area contributed by atoms with Crippen LogP contribution in [0.2, 0.25) is 15.1 Å². The summed E-state index contributed by atoms with van der Waals surface area (Å²) in [5.74, 6) is -0.254. The molecule has 0 spiro atoms. The van der Waals surface area contributed by atoms with Crippen LogP contribution in [0.3, 0.4) is 0 Å². The molecule has 0 nitrogen and oxygen atoms in total. The van der Waals surface area contributed by atoms with Crippen molar-refractivity contribution in [1.82, 2.24) is 0 Å². The Labute approximate surface area is 130 Å². The van der Waals surface area contributed by atoms with Crippen molar-refractivity contribution in [1.29, 1.82) is 0 Å². The maximum absolute atomic E-state index is 13.8. The third-order valence-corrected chi connectivity index (χ3v) is 4.36. The maximum Gasteiger partial charge on any atom is 0.131 e. The van der Waals surface area contributed by atoms with E-state index in [0.717, 1.165) is 16.5 Å². The predicted molar refractivity (Wildman–Crippen MR) is 84.4 cm³/mol. The van der Waals surface area contributed by atoms with Crippen molar-refractivity contribution < 1.29 is 4.39 Å². The van der Waals surface area contributed by atoms with E-state index in [-0.39, 0.29) is 5.82 Å². The Morgan fingerprint density at radius 1 is 0.750 bits per heavy atom. The van der Waals surface area contributed by atoms with Crippen molar-refractivity contribution in [2.75, 3.05) is 0 Å². The molecule has 3 rings (SSSR count). The second-order valence-corrected chi connectivity index (χ2v) is 5.59. The standard InChI is InChI=1S/C16H8Cl3F/c17-13-7-9(8-14(18)16(13)19)10-5-6-15(20)12-4-2-1-3-11(10)12/h1-8H. The third-order valence-electron chi connectivity index (χ3n) is 3.17. The lowest BCUT2D eigenvalue weighted by molar-refractivity contribution is 0.640. The second kappa shape index (κ2) is 5.25. The summed E-state index contributed by atoms with van der Waals surface area (Å²) in [6.07, 6.45) is 0. The van der Waals surface area contributed by atoms with Crippen LogP contribution in [0.5, 0.6) is 0 Å². The molecular weight excluding hydrogens is 318 g/mol. The molecule has 4 heteroatoms. The maximum atomic E-state index is 13.8. The summed E-state index contributed by atoms with van der Waals surface area (Å²) >= 11 is 18.1. The summed E-state index contributed by atoms with van der Waals surface area (Å²) in [4.78, 5) is 0. The van der Waals surface area contributed by atoms with E-state index in [0.29, 0.717) is 20.5 Å². The average molecular weight is 326 g/mol. The molecule has 0 heterocycles. The van der Waals surface area contributed by atoms with Crippen LogP contribution < -0.4 is 0 Å². The molecule has 3 aromatic carbocycles. The average Bonchev–Trinajstić information content (AvgIpc) is 2.45. The van der Waals surface area contributed by atoms with Crippen LogP contribution in [0.25, 0.3) is 21.9 Å². The van der Waals surface area contributed by atoms with Crippen molar-refractivity contribution in [2.24, 2.45) is 0 Å². The summed E-state index contributed by atoms with van der Waals surface area (Å²) in [6, 6.07) is 13.9. The summed E-state index contributed by atoms with van der Waals surface area (Å²) < 4.78 is 13.8. The molecule has 100 valence electrons. The van der Waals surface area contributed by atoms with Crippen LogP contribution in [-0.4, -0.2) is 0 Å². The van der Waals surface area contributed by atoms with Gasteiger partial charge < -0.3 is 0 Å². The number of hydrogen-bond acceptors (Lipinski definition) is 0. The predicted octanol–water partition coefficient (Wildman–Crippen LogP) is 6.61. The van der Waals surface area contributed by atoms with E-state index in [4.69, 9.17) is 34.8 Å². The largest absolute Gasteiger partial charge is 0.206 e. The zero-order chi connectivity index (χ0) is 14.3. The summed E-state index contributed by atoms with van der Waals surface area (Å²) in [5, 5.41) is 2.45. The lowest BCUT2D eigenvalue weighted by Crippen LogP contribution is -1.86. The molecule has 0 bridgehead atoms. The lowest BCUT2D eigenvalue weighted by atomic mass is 9.98. The van der Waals surface area contributed by atoms with Gasteiger partial charge in [-0.1, -0.05) is 65.1 Å². The highest BCUT2D eigenvalue weighted by Crippen LogP contribution is 2.37. The molecule has 0 atom stereocenters. The van der Waals surface area contributed by atoms with Crippen LogP contribution in [-0.2, 0) is 0 Å². The van der Waals surface area contributed by atoms with E-state index >= 15 is 0 Å². The van der Waals surface area contributed by atoms with Crippen LogP contribution in [0.4, 0.5) is 4.39 Å². The van der Waals surface area contributed by atoms with Crippen LogP contribution in [0, 0.1) is 5.82 Å². The van der Waals surface area contributed by atoms with E-state index in [9.17, 15) is 4.39 Å². The molecule has 0 N–H and O–H groups in total. The first-order valence-corrected chi connectivity index (χ1v) is 7.03. The van der Waals surface area contributed by atoms with Gasteiger partial charge in [-0.15, -0.1) is 0 Å². The van der Waals surface area contributed by atoms with Gasteiger partial charge in [-0.3, -0.25) is 0 Å². The fraction of sp³-hybridized carbons (Fsp3) is 0. The molecule has 0 fully saturated rings. The van der Waals surface area contributed by atoms with Crippen LogP contribution >= 0.6 is 34.8 Å². The van der Waals surface area contributed by atoms with Gasteiger partial charge in [-0.25, -0.2) is 4.39 Å². The topological polar surface area (TPSA) is 0 Å². The fourth-order valence-corrected chi connectivity index (χ4v) is 2.82. The SMILES string of the molecule is Fc1ccc(-c2cc(Cl)c(Cl)c(Cl)c2)c2ccccc12. The molecule has 0 aromatic heterocycles. The highest BCUT2D eigenvalue weighted by molar-refractivity contribution is 6.48. The normalized spacial score (nSPS) is 11.0. The van der Waals surface area contributed by atoms with E-state index < -0.39 is 0 Å². The van der Waals surface area contributed by atoms with Gasteiger partial charge in [0.2, 0.25) is 0 Å². The molecule has 0 saturated heterocycles. The van der Waals surface area contributed by atoms with Gasteiger partial charge in [0.05, 0.1) is 15.1 Å². The monoisotopic (exact) mass is 324 g/mol. The summed E-state index contributed by atoms with van der Waals surface area (Å²) in [6.45, 7) is 0. The van der Waals surface area contributed by atoms with Crippen molar-refractivity contribution in [3.05, 3.63) is 69.4 Å². The smallest absolute Gasteiger partial charge is 0.131 e. The zero-order valence-electron chi connectivity index (χ0n) is 10.1. The first-order chi connectivity index (χ1) is 9.58. The van der Waals surface area contributed by atoms with Crippen LogP contribution in [0.1, 0.15) is 0 Å². The van der Waals surface area contributed by atoms with E-state index in [2.05, 4.69) is 0 Å². The summed E-state index contributed by atoms with van der Waals surface area (Å²) in [7, 11) is 0. The zero-order valence-corrected chi connectivity index (χ0v) is 12.4. The molecular formula is C16H8Cl3F. The Morgan fingerprint density at radius 2 is 1.35 bits per heavy atom. The molecule has 0 aliphatic heterocycles. The van der Waals surface area contributed by atoms with Gasteiger partial charge in [0, 0.05) is 5.39 Å². The highest BCUT2D eigenvalue weighted by atomic mass is 35.5. The number of rotatable bonds is 1. The van der Waals surface area contributed by atoms with Crippen molar-refractivity contribution in [3.63, 3.8) is 0 Å². The molecule has 0 amide bonds. The molecule has 20 heavy (non-hydrogen) atoms. The Bertz CT molecular complexity index is 789. The molecule has 0 unspecified atom stereocenters. The van der Waals surface area contributed by atoms with E-state index in [1.165, 1.54) is 6.07 Å². The van der Waals surface area contributed by atoms with Crippen molar-refractivity contribution in [3.8, 4) is 11.1 Å². The van der Waals surface area contributed by atoms with Gasteiger partial charge in [-0.2, -0.15) is 0 Å². The molecule has 0 aliphatic rings. The highest BCUT2D eigenvalue weighted by Gasteiger charge is 2.11. The third kappa shape index (κ3) is 2.26. The van der Waals surface area contributed by atoms with Gasteiger partial charge in [0.25, 0.3) is 0 Å². The minimum atomic E-state index is -0.254. The Hall–Kier alpha value is -1.28. The first-order valence-electron chi connectivity index (χ1n) is 5.90. The quantitative estimate of drug-likeness (QED) is 0.442. The Balaban J connectivity index is 2.33. The Kier molecular flexibility index (Phi) is 3.59. The second-order valence-electron chi connectivity index (χ2n) is 4.39. The van der Waals surface area contributed by atoms with Gasteiger partial charge in [-0.05, 0) is 34.7 Å². The lowest BCUT2D eigenvalue weighted by Gasteiger charge is -2.10. The fourth-order valence-electron chi connectivity index (χ4n) is 2.23. The molecule has 0 aliphatic carbocycles. The number of hydrogen-bond donors (Lipinski definition) is 0. The minimum absolute atomic E-state index is 0.254. The van der Waals surface area contributed by atoms with E-state index in [1.807, 2.05) is 12.1 Å². The van der Waals surface area contributed by atoms with Gasteiger partial charge in [0.1, 0.15) is 5.82 Å². The Morgan fingerprint density at radius 3 is 2.00 bits per heavy atom. The number of benzene rings is 3. The van der Waals surface area contributed by atoms with Gasteiger partial charge >= 0.3 is 0 Å². The number of fused-ring (bicyclic) bond motifs is 1. The van der Waals surface area contributed by atoms with Gasteiger partial charge in [0.15, 0.2) is 0 Å². The van der Waals surface area contributed by atoms with Crippen molar-refractivity contribution in [2.45, 2.75) is 0 Å². The van der Waals surface area contributed by atoms with Crippen LogP contribution in [0.15, 0.2) is 48.5 Å². The summed E-state index contributed by atoms with van der Waals surface area (Å²) in [5.41, 5.74) is 1.67. The first kappa shape index (κ1) is 13.7. The molecule has 3 aromatic rings. The van der Waals surface area contributed by atoms with Crippen molar-refractivity contribution >= 4 is 45.6 Å². The molecule has 0 saturated carbocycles. The molecule has 0 radical (unpaired) electrons.